The highest BCUT2D eigenvalue weighted by molar-refractivity contribution is 6.31. The van der Waals surface area contributed by atoms with Gasteiger partial charge in [-0.1, -0.05) is 17.5 Å². The zero-order valence-corrected chi connectivity index (χ0v) is 17.3. The Morgan fingerprint density at radius 2 is 2.29 bits per heavy atom. The predicted octanol–water partition coefficient (Wildman–Crippen LogP) is 2.68. The largest absolute Gasteiger partial charge is 0.463 e. The molecule has 0 radical (unpaired) electrons. The molecule has 0 unspecified atom stereocenters. The number of carbonyl (C=O) groups excluding carboxylic acids is 1. The summed E-state index contributed by atoms with van der Waals surface area (Å²) in [6.45, 7) is 1.09. The van der Waals surface area contributed by atoms with Crippen LogP contribution in [0.5, 0.6) is 5.88 Å². The Balaban J connectivity index is 1.54. The summed E-state index contributed by atoms with van der Waals surface area (Å²) in [4.78, 5) is 24.9. The van der Waals surface area contributed by atoms with Crippen LogP contribution in [0.3, 0.4) is 0 Å². The highest BCUT2D eigenvalue weighted by atomic mass is 35.5. The summed E-state index contributed by atoms with van der Waals surface area (Å²) in [5.74, 6) is 5.04. The van der Waals surface area contributed by atoms with Gasteiger partial charge in [-0.2, -0.15) is 0 Å². The van der Waals surface area contributed by atoms with Gasteiger partial charge in [0.25, 0.3) is 11.9 Å². The molecule has 1 saturated carbocycles. The van der Waals surface area contributed by atoms with Gasteiger partial charge in [-0.3, -0.25) is 4.79 Å². The molecule has 3 atom stereocenters. The Morgan fingerprint density at radius 1 is 1.45 bits per heavy atom. The molecule has 0 spiro atoms. The molecule has 0 bridgehead atoms. The molecular formula is C21H19ClFN5O3. The molecule has 3 N–H and O–H groups in total. The van der Waals surface area contributed by atoms with E-state index in [0.717, 1.165) is 0 Å². The molecule has 0 saturated heterocycles. The van der Waals surface area contributed by atoms with Gasteiger partial charge in [0.05, 0.1) is 12.4 Å². The Labute approximate surface area is 183 Å². The van der Waals surface area contributed by atoms with Crippen LogP contribution in [0.25, 0.3) is 0 Å². The Bertz CT molecular complexity index is 1100. The Morgan fingerprint density at radius 3 is 3.00 bits per heavy atom. The summed E-state index contributed by atoms with van der Waals surface area (Å²) in [5.41, 5.74) is 5.46. The van der Waals surface area contributed by atoms with Crippen molar-refractivity contribution in [2.75, 3.05) is 18.6 Å². The van der Waals surface area contributed by atoms with Gasteiger partial charge in [-0.15, -0.1) is 5.92 Å². The van der Waals surface area contributed by atoms with E-state index in [1.165, 1.54) is 12.4 Å². The molecule has 10 heteroatoms. The zero-order chi connectivity index (χ0) is 22.0. The third kappa shape index (κ3) is 4.11. The molecule has 1 aliphatic heterocycles. The van der Waals surface area contributed by atoms with Crippen LogP contribution in [0.15, 0.2) is 35.6 Å². The van der Waals surface area contributed by atoms with E-state index in [1.54, 1.807) is 25.1 Å². The molecule has 8 nitrogen and oxygen atoms in total. The summed E-state index contributed by atoms with van der Waals surface area (Å²) < 4.78 is 24.9. The summed E-state index contributed by atoms with van der Waals surface area (Å²) in [6, 6.07) is 4.73. The molecular weight excluding hydrogens is 425 g/mol. The van der Waals surface area contributed by atoms with Gasteiger partial charge in [0.1, 0.15) is 24.0 Å². The number of nitrogens with two attached hydrogens (primary N) is 1. The Kier molecular flexibility index (Phi) is 5.65. The molecule has 1 amide bonds. The van der Waals surface area contributed by atoms with E-state index in [9.17, 15) is 9.18 Å². The van der Waals surface area contributed by atoms with E-state index in [-0.39, 0.29) is 36.2 Å². The Hall–Kier alpha value is -3.38. The molecule has 160 valence electrons. The lowest BCUT2D eigenvalue weighted by Gasteiger charge is -2.32. The maximum absolute atomic E-state index is 14.3. The van der Waals surface area contributed by atoms with Crippen LogP contribution in [-0.2, 0) is 10.3 Å². The standard InChI is InChI=1S/C21H19ClFN5O3/c1-2-3-6-30-18-10-25-16(9-26-18)19(29)27-12-4-5-15(22)13(7-12)21(11-23)14-8-17(14)31-20(24)28-21/h4-5,7,9-10,14,17H,6,8,11H2,1H3,(H2,24,28)(H,27,29)/t14-,17+,21+/m0/s1. The first kappa shape index (κ1) is 20.9. The van der Waals surface area contributed by atoms with Crippen molar-refractivity contribution < 1.29 is 18.7 Å². The van der Waals surface area contributed by atoms with Crippen LogP contribution in [-0.4, -0.2) is 41.3 Å². The number of carbonyl (C=O) groups is 1. The molecule has 31 heavy (non-hydrogen) atoms. The van der Waals surface area contributed by atoms with Gasteiger partial charge in [-0.05, 0) is 31.5 Å². The van der Waals surface area contributed by atoms with E-state index < -0.39 is 18.1 Å². The number of amidine groups is 1. The van der Waals surface area contributed by atoms with Crippen molar-refractivity contribution in [1.29, 1.82) is 0 Å². The van der Waals surface area contributed by atoms with Gasteiger partial charge in [0, 0.05) is 22.2 Å². The quantitative estimate of drug-likeness (QED) is 0.664. The number of aromatic nitrogens is 2. The van der Waals surface area contributed by atoms with Crippen molar-refractivity contribution in [3.8, 4) is 17.7 Å². The molecule has 4 rings (SSSR count). The number of benzene rings is 1. The fourth-order valence-corrected chi connectivity index (χ4v) is 3.83. The van der Waals surface area contributed by atoms with Gasteiger partial charge < -0.3 is 20.5 Å². The minimum Gasteiger partial charge on any atom is -0.463 e. The van der Waals surface area contributed by atoms with Gasteiger partial charge in [0.2, 0.25) is 5.88 Å². The third-order valence-corrected chi connectivity index (χ3v) is 5.48. The number of nitrogens with one attached hydrogen (secondary N) is 1. The number of rotatable bonds is 6. The molecule has 1 aromatic heterocycles. The number of anilines is 1. The van der Waals surface area contributed by atoms with Gasteiger partial charge in [-0.25, -0.2) is 19.4 Å². The van der Waals surface area contributed by atoms with Crippen LogP contribution in [0.4, 0.5) is 10.1 Å². The predicted molar refractivity (Wildman–Crippen MR) is 113 cm³/mol. The summed E-state index contributed by atoms with van der Waals surface area (Å²) in [5, 5.41) is 3.05. The minimum absolute atomic E-state index is 0.0654. The highest BCUT2D eigenvalue weighted by Crippen LogP contribution is 2.54. The second kappa shape index (κ2) is 8.40. The van der Waals surface area contributed by atoms with Crippen molar-refractivity contribution in [3.63, 3.8) is 0 Å². The summed E-state index contributed by atoms with van der Waals surface area (Å²) >= 11 is 6.38. The molecule has 2 aromatic rings. The monoisotopic (exact) mass is 443 g/mol. The molecule has 2 aliphatic rings. The number of fused-ring (bicyclic) bond motifs is 1. The number of amides is 1. The van der Waals surface area contributed by atoms with Crippen molar-refractivity contribution in [3.05, 3.63) is 46.9 Å². The molecule has 1 aliphatic carbocycles. The summed E-state index contributed by atoms with van der Waals surface area (Å²) in [6.07, 6.45) is 3.09. The number of halogens is 2. The first-order chi connectivity index (χ1) is 15.0. The van der Waals surface area contributed by atoms with Crippen LogP contribution in [0.2, 0.25) is 5.02 Å². The van der Waals surface area contributed by atoms with Crippen LogP contribution in [0, 0.1) is 17.8 Å². The topological polar surface area (TPSA) is 112 Å². The first-order valence-electron chi connectivity index (χ1n) is 9.50. The number of aliphatic imine (C=N–C) groups is 1. The van der Waals surface area contributed by atoms with Crippen molar-refractivity contribution in [2.45, 2.75) is 25.0 Å². The first-order valence-corrected chi connectivity index (χ1v) is 9.88. The van der Waals surface area contributed by atoms with Crippen molar-refractivity contribution in [1.82, 2.24) is 9.97 Å². The maximum Gasteiger partial charge on any atom is 0.283 e. The minimum atomic E-state index is -1.23. The normalized spacial score (nSPS) is 23.4. The average molecular weight is 444 g/mol. The molecule has 1 fully saturated rings. The number of hydrogen-bond acceptors (Lipinski definition) is 7. The second-order valence-corrected chi connectivity index (χ2v) is 7.52. The molecule has 2 heterocycles. The van der Waals surface area contributed by atoms with Crippen LogP contribution in [0.1, 0.15) is 29.4 Å². The van der Waals surface area contributed by atoms with Gasteiger partial charge in [0.15, 0.2) is 6.61 Å². The van der Waals surface area contributed by atoms with Crippen molar-refractivity contribution in [2.24, 2.45) is 16.6 Å². The van der Waals surface area contributed by atoms with E-state index in [0.29, 0.717) is 22.7 Å². The fraction of sp³-hybridized carbons (Fsp3) is 0.333. The smallest absolute Gasteiger partial charge is 0.283 e. The highest BCUT2D eigenvalue weighted by Gasteiger charge is 2.59. The van der Waals surface area contributed by atoms with Crippen LogP contribution >= 0.6 is 11.6 Å². The average Bonchev–Trinajstić information content (AvgIpc) is 3.55. The van der Waals surface area contributed by atoms with Crippen LogP contribution < -0.4 is 15.8 Å². The lowest BCUT2D eigenvalue weighted by atomic mass is 9.85. The van der Waals surface area contributed by atoms with E-state index in [1.807, 2.05) is 0 Å². The third-order valence-electron chi connectivity index (χ3n) is 5.15. The van der Waals surface area contributed by atoms with Gasteiger partial charge >= 0.3 is 0 Å². The number of nitrogens with zero attached hydrogens (tertiary/aromatic N) is 3. The molecule has 1 aromatic carbocycles. The SMILES string of the molecule is CC#CCOc1cnc(C(=O)Nc2ccc(Cl)c([C@@]3(CF)N=C(N)O[C@@H]4C[C@@H]43)c2)cn1. The van der Waals surface area contributed by atoms with E-state index in [2.05, 4.69) is 32.1 Å². The number of hydrogen-bond donors (Lipinski definition) is 2. The fourth-order valence-electron chi connectivity index (χ4n) is 3.55. The lowest BCUT2D eigenvalue weighted by Crippen LogP contribution is -2.39. The second-order valence-electron chi connectivity index (χ2n) is 7.11. The van der Waals surface area contributed by atoms with Crippen molar-refractivity contribution >= 4 is 29.2 Å². The zero-order valence-electron chi connectivity index (χ0n) is 16.6. The number of ether oxygens (including phenoxy) is 2. The van der Waals surface area contributed by atoms with E-state index in [4.69, 9.17) is 26.8 Å². The van der Waals surface area contributed by atoms with E-state index >= 15 is 0 Å². The number of alkyl halides is 1. The maximum atomic E-state index is 14.3. The lowest BCUT2D eigenvalue weighted by molar-refractivity contribution is 0.102. The summed E-state index contributed by atoms with van der Waals surface area (Å²) in [7, 11) is 0.